The Bertz CT molecular complexity index is 1820. The molecule has 2 aromatic carbocycles. The van der Waals surface area contributed by atoms with Crippen LogP contribution in [0.5, 0.6) is 0 Å². The largest absolute Gasteiger partial charge is 0.458 e. The molecule has 2 aliphatic heterocycles. The molecule has 11 heteroatoms. The number of carbonyl (C=O) groups excluding carboxylic acids is 4. The molecule has 2 heterocycles. The Kier molecular flexibility index (Phi) is 9.95. The quantitative estimate of drug-likeness (QED) is 0.148. The lowest BCUT2D eigenvalue weighted by atomic mass is 9.59. The van der Waals surface area contributed by atoms with Gasteiger partial charge in [0.1, 0.15) is 12.7 Å². The molecule has 0 amide bonds. The second-order valence-electron chi connectivity index (χ2n) is 15.5. The third kappa shape index (κ3) is 6.42. The number of epoxide rings is 1. The predicted octanol–water partition coefficient (Wildman–Crippen LogP) is 7.65. The van der Waals surface area contributed by atoms with Gasteiger partial charge in [0.05, 0.1) is 22.8 Å². The highest BCUT2D eigenvalue weighted by molar-refractivity contribution is 6.31. The van der Waals surface area contributed by atoms with E-state index in [9.17, 15) is 24.3 Å². The van der Waals surface area contributed by atoms with E-state index in [0.717, 1.165) is 31.3 Å². The van der Waals surface area contributed by atoms with Crippen LogP contribution >= 0.6 is 23.2 Å². The SMILES string of the molecule is CC1=C(COC(=O)c2ccc(Cl)cc2)C(=O)OC(C(C)C2CCCC2(C)CCC2CCC3OC34C(OC(=O)c3ccc(Cl)cc3)C=CC(=O)C24O)C1. The van der Waals surface area contributed by atoms with Gasteiger partial charge in [0.2, 0.25) is 0 Å². The van der Waals surface area contributed by atoms with Crippen molar-refractivity contribution >= 4 is 46.9 Å². The van der Waals surface area contributed by atoms with Crippen LogP contribution in [0.15, 0.2) is 71.8 Å². The summed E-state index contributed by atoms with van der Waals surface area (Å²) in [7, 11) is 0. The van der Waals surface area contributed by atoms with Gasteiger partial charge in [-0.05, 0) is 129 Å². The fraction of sp³-hybridized carbons (Fsp3) is 0.512. The highest BCUT2D eigenvalue weighted by Gasteiger charge is 2.80. The molecule has 9 unspecified atom stereocenters. The van der Waals surface area contributed by atoms with Gasteiger partial charge in [-0.3, -0.25) is 4.79 Å². The van der Waals surface area contributed by atoms with Gasteiger partial charge in [0, 0.05) is 16.5 Å². The summed E-state index contributed by atoms with van der Waals surface area (Å²) in [5, 5.41) is 13.4. The monoisotopic (exact) mass is 750 g/mol. The van der Waals surface area contributed by atoms with Gasteiger partial charge in [-0.2, -0.15) is 0 Å². The number of carbonyl (C=O) groups is 4. The Morgan fingerprint density at radius 1 is 0.981 bits per heavy atom. The smallest absolute Gasteiger partial charge is 0.338 e. The Morgan fingerprint density at radius 3 is 2.29 bits per heavy atom. The maximum Gasteiger partial charge on any atom is 0.338 e. The zero-order valence-corrected chi connectivity index (χ0v) is 31.1. The molecular weight excluding hydrogens is 707 g/mol. The Hall–Kier alpha value is -3.50. The molecule has 52 heavy (non-hydrogen) atoms. The molecule has 3 fully saturated rings. The maximum atomic E-state index is 13.6. The molecule has 0 radical (unpaired) electrons. The van der Waals surface area contributed by atoms with Crippen LogP contribution in [0.3, 0.4) is 0 Å². The summed E-state index contributed by atoms with van der Waals surface area (Å²) >= 11 is 11.9. The maximum absolute atomic E-state index is 13.6. The van der Waals surface area contributed by atoms with Crippen LogP contribution < -0.4 is 0 Å². The number of esters is 3. The second-order valence-corrected chi connectivity index (χ2v) is 16.4. The normalized spacial score (nSPS) is 34.2. The fourth-order valence-corrected chi connectivity index (χ4v) is 9.86. The van der Waals surface area contributed by atoms with Crippen molar-refractivity contribution < 1.29 is 43.2 Å². The lowest BCUT2D eigenvalue weighted by molar-refractivity contribution is -0.164. The zero-order chi connectivity index (χ0) is 37.0. The summed E-state index contributed by atoms with van der Waals surface area (Å²) in [5.74, 6) is -2.08. The number of ketones is 1. The molecule has 276 valence electrons. The van der Waals surface area contributed by atoms with Crippen molar-refractivity contribution in [2.45, 2.75) is 102 Å². The van der Waals surface area contributed by atoms with E-state index < -0.39 is 41.0 Å². The lowest BCUT2D eigenvalue weighted by Crippen LogP contribution is -2.66. The number of halogens is 2. The van der Waals surface area contributed by atoms with E-state index in [-0.39, 0.29) is 42.0 Å². The molecular formula is C41H44Cl2O9. The second kappa shape index (κ2) is 14.0. The van der Waals surface area contributed by atoms with Crippen LogP contribution in [0.25, 0.3) is 0 Å². The molecule has 5 aliphatic rings. The standard InChI is InChI=1S/C41H44Cl2O9/c1-23-21-32(50-38(47)30(23)22-49-36(45)25-6-11-28(42)12-7-25)24(2)31-5-4-19-39(31,3)20-18-27-10-16-35-41(52-35)34(17-15-33(44)40(27,41)48)51-37(46)26-8-13-29(43)14-9-26/h6-9,11-15,17,24,27,31-32,34-35,48H,4-5,10,16,18-22H2,1-3H3. The highest BCUT2D eigenvalue weighted by Crippen LogP contribution is 2.62. The molecule has 2 aromatic rings. The van der Waals surface area contributed by atoms with Crippen molar-refractivity contribution in [2.75, 3.05) is 6.61 Å². The fourth-order valence-electron chi connectivity index (χ4n) is 9.61. The Morgan fingerprint density at radius 2 is 1.63 bits per heavy atom. The first kappa shape index (κ1) is 36.8. The number of ether oxygens (including phenoxy) is 4. The summed E-state index contributed by atoms with van der Waals surface area (Å²) in [4.78, 5) is 52.5. The van der Waals surface area contributed by atoms with E-state index in [1.54, 1.807) is 54.6 Å². The summed E-state index contributed by atoms with van der Waals surface area (Å²) < 4.78 is 23.5. The van der Waals surface area contributed by atoms with E-state index in [2.05, 4.69) is 13.8 Å². The molecule has 1 N–H and O–H groups in total. The average Bonchev–Trinajstić information content (AvgIpc) is 3.75. The number of cyclic esters (lactones) is 1. The van der Waals surface area contributed by atoms with E-state index in [1.807, 2.05) is 6.92 Å². The van der Waals surface area contributed by atoms with Crippen molar-refractivity contribution in [2.24, 2.45) is 23.2 Å². The number of aliphatic hydroxyl groups is 1. The number of rotatable bonds is 10. The van der Waals surface area contributed by atoms with Crippen LogP contribution in [0.4, 0.5) is 0 Å². The van der Waals surface area contributed by atoms with Crippen LogP contribution in [0, 0.1) is 23.2 Å². The molecule has 1 spiro atoms. The average molecular weight is 752 g/mol. The van der Waals surface area contributed by atoms with Crippen molar-refractivity contribution in [3.63, 3.8) is 0 Å². The number of hydrogen-bond acceptors (Lipinski definition) is 9. The van der Waals surface area contributed by atoms with Crippen LogP contribution in [0.2, 0.25) is 10.0 Å². The van der Waals surface area contributed by atoms with Gasteiger partial charge in [-0.25, -0.2) is 14.4 Å². The van der Waals surface area contributed by atoms with E-state index in [1.165, 1.54) is 6.08 Å². The van der Waals surface area contributed by atoms with E-state index in [4.69, 9.17) is 42.1 Å². The van der Waals surface area contributed by atoms with Gasteiger partial charge < -0.3 is 24.1 Å². The van der Waals surface area contributed by atoms with Crippen LogP contribution in [-0.2, 0) is 28.5 Å². The predicted molar refractivity (Wildman–Crippen MR) is 193 cm³/mol. The van der Waals surface area contributed by atoms with Gasteiger partial charge in [0.25, 0.3) is 0 Å². The van der Waals surface area contributed by atoms with E-state index >= 15 is 0 Å². The molecule has 7 rings (SSSR count). The third-order valence-corrected chi connectivity index (χ3v) is 13.2. The Balaban J connectivity index is 1.01. The topological polar surface area (TPSA) is 129 Å². The van der Waals surface area contributed by atoms with Crippen molar-refractivity contribution in [3.8, 4) is 0 Å². The van der Waals surface area contributed by atoms with E-state index in [0.29, 0.717) is 52.4 Å². The van der Waals surface area contributed by atoms with Crippen LogP contribution in [0.1, 0.15) is 92.9 Å². The van der Waals surface area contributed by atoms with Gasteiger partial charge in [-0.15, -0.1) is 0 Å². The minimum absolute atomic E-state index is 0.0532. The summed E-state index contributed by atoms with van der Waals surface area (Å²) in [6.07, 6.45) is 7.43. The molecule has 9 atom stereocenters. The first-order valence-electron chi connectivity index (χ1n) is 18.2. The highest BCUT2D eigenvalue weighted by atomic mass is 35.5. The lowest BCUT2D eigenvalue weighted by Gasteiger charge is -2.47. The van der Waals surface area contributed by atoms with Gasteiger partial charge >= 0.3 is 17.9 Å². The first-order valence-corrected chi connectivity index (χ1v) is 18.9. The first-order chi connectivity index (χ1) is 24.8. The van der Waals surface area contributed by atoms with Gasteiger partial charge in [-0.1, -0.05) is 49.0 Å². The molecule has 3 aliphatic carbocycles. The minimum Gasteiger partial charge on any atom is -0.458 e. The zero-order valence-electron chi connectivity index (χ0n) is 29.6. The molecule has 0 bridgehead atoms. The molecule has 0 aromatic heterocycles. The summed E-state index contributed by atoms with van der Waals surface area (Å²) in [6.45, 7) is 6.14. The number of benzene rings is 2. The van der Waals surface area contributed by atoms with Crippen molar-refractivity contribution in [1.82, 2.24) is 0 Å². The third-order valence-electron chi connectivity index (χ3n) is 12.7. The summed E-state index contributed by atoms with van der Waals surface area (Å²) in [6, 6.07) is 12.7. The van der Waals surface area contributed by atoms with Gasteiger partial charge in [0.15, 0.2) is 23.1 Å². The van der Waals surface area contributed by atoms with Crippen LogP contribution in [-0.4, -0.2) is 64.9 Å². The number of hydrogen-bond donors (Lipinski definition) is 1. The molecule has 9 nitrogen and oxygen atoms in total. The van der Waals surface area contributed by atoms with Crippen molar-refractivity contribution in [3.05, 3.63) is 93.0 Å². The molecule has 1 saturated heterocycles. The minimum atomic E-state index is -1.82. The Labute approximate surface area is 313 Å². The summed E-state index contributed by atoms with van der Waals surface area (Å²) in [5.41, 5.74) is -1.37. The van der Waals surface area contributed by atoms with Crippen molar-refractivity contribution in [1.29, 1.82) is 0 Å². The molecule has 2 saturated carbocycles.